The Morgan fingerprint density at radius 2 is 1.57 bits per heavy atom. The lowest BCUT2D eigenvalue weighted by Crippen LogP contribution is -2.11. The van der Waals surface area contributed by atoms with E-state index < -0.39 is 0 Å². The van der Waals surface area contributed by atoms with Crippen molar-refractivity contribution in [2.45, 2.75) is 0 Å². The second-order valence-corrected chi connectivity index (χ2v) is 4.72. The van der Waals surface area contributed by atoms with E-state index in [1.807, 2.05) is 24.3 Å². The third kappa shape index (κ3) is 2.02. The largest absolute Gasteiger partial charge is 0.345 e. The van der Waals surface area contributed by atoms with Crippen molar-refractivity contribution in [3.8, 4) is 0 Å². The second-order valence-electron chi connectivity index (χ2n) is 4.72. The molecule has 2 aromatic heterocycles. The van der Waals surface area contributed by atoms with E-state index in [1.165, 1.54) is 0 Å². The maximum Gasteiger partial charge on any atom is 0.255 e. The molecule has 0 saturated carbocycles. The van der Waals surface area contributed by atoms with Crippen molar-refractivity contribution in [1.29, 1.82) is 0 Å². The van der Waals surface area contributed by atoms with Gasteiger partial charge in [-0.2, -0.15) is 0 Å². The number of nitrogens with one attached hydrogen (secondary N) is 3. The number of benzene rings is 2. The molecule has 3 N–H and O–H groups in total. The molecule has 0 spiro atoms. The zero-order chi connectivity index (χ0) is 14.2. The molecule has 0 saturated heterocycles. The van der Waals surface area contributed by atoms with Gasteiger partial charge in [-0.3, -0.25) is 4.79 Å². The molecule has 2 aromatic carbocycles. The summed E-state index contributed by atoms with van der Waals surface area (Å²) in [7, 11) is 0. The van der Waals surface area contributed by atoms with E-state index in [4.69, 9.17) is 0 Å². The number of amides is 1. The molecule has 4 aromatic rings. The van der Waals surface area contributed by atoms with E-state index in [0.717, 1.165) is 27.8 Å². The first-order valence-corrected chi connectivity index (χ1v) is 6.47. The van der Waals surface area contributed by atoms with E-state index in [9.17, 15) is 4.79 Å². The van der Waals surface area contributed by atoms with Crippen LogP contribution in [-0.2, 0) is 0 Å². The predicted molar refractivity (Wildman–Crippen MR) is 80.1 cm³/mol. The fraction of sp³-hybridized carbons (Fsp3) is 0. The lowest BCUT2D eigenvalue weighted by atomic mass is 10.2. The van der Waals surface area contributed by atoms with Crippen LogP contribution < -0.4 is 5.32 Å². The van der Waals surface area contributed by atoms with Crippen molar-refractivity contribution in [3.05, 3.63) is 54.6 Å². The fourth-order valence-electron chi connectivity index (χ4n) is 2.29. The number of aromatic amines is 2. The van der Waals surface area contributed by atoms with Gasteiger partial charge in [-0.1, -0.05) is 0 Å². The van der Waals surface area contributed by atoms with Gasteiger partial charge < -0.3 is 15.3 Å². The monoisotopic (exact) mass is 277 g/mol. The number of carbonyl (C=O) groups excluding carboxylic acids is 1. The number of carbonyl (C=O) groups is 1. The average molecular weight is 277 g/mol. The molecule has 0 aliphatic carbocycles. The van der Waals surface area contributed by atoms with Gasteiger partial charge in [0.1, 0.15) is 0 Å². The zero-order valence-corrected chi connectivity index (χ0v) is 10.9. The first-order chi connectivity index (χ1) is 10.3. The highest BCUT2D eigenvalue weighted by atomic mass is 16.1. The summed E-state index contributed by atoms with van der Waals surface area (Å²) >= 11 is 0. The van der Waals surface area contributed by atoms with Gasteiger partial charge in [0.2, 0.25) is 0 Å². The summed E-state index contributed by atoms with van der Waals surface area (Å²) in [6.45, 7) is 0. The number of anilines is 1. The summed E-state index contributed by atoms with van der Waals surface area (Å²) in [5.41, 5.74) is 4.73. The van der Waals surface area contributed by atoms with E-state index >= 15 is 0 Å². The van der Waals surface area contributed by atoms with Crippen LogP contribution in [0.2, 0.25) is 0 Å². The van der Waals surface area contributed by atoms with E-state index in [1.54, 1.807) is 24.8 Å². The SMILES string of the molecule is O=C(Nc1ccc2nc[nH]c2c1)c1ccc2nc[nH]c2c1. The number of H-pyrrole nitrogens is 2. The van der Waals surface area contributed by atoms with Crippen molar-refractivity contribution >= 4 is 33.7 Å². The first-order valence-electron chi connectivity index (χ1n) is 6.47. The molecule has 0 aliphatic heterocycles. The van der Waals surface area contributed by atoms with Crippen molar-refractivity contribution in [2.24, 2.45) is 0 Å². The lowest BCUT2D eigenvalue weighted by Gasteiger charge is -2.05. The van der Waals surface area contributed by atoms with Gasteiger partial charge in [0.15, 0.2) is 0 Å². The highest BCUT2D eigenvalue weighted by Gasteiger charge is 2.08. The molecule has 21 heavy (non-hydrogen) atoms. The Labute approximate surface area is 119 Å². The van der Waals surface area contributed by atoms with Crippen LogP contribution in [0.15, 0.2) is 49.1 Å². The Kier molecular flexibility index (Phi) is 2.47. The molecule has 0 fully saturated rings. The lowest BCUT2D eigenvalue weighted by molar-refractivity contribution is 0.102. The quantitative estimate of drug-likeness (QED) is 0.526. The third-order valence-electron chi connectivity index (χ3n) is 3.36. The van der Waals surface area contributed by atoms with Crippen LogP contribution in [0.4, 0.5) is 5.69 Å². The molecule has 2 heterocycles. The fourth-order valence-corrected chi connectivity index (χ4v) is 2.29. The van der Waals surface area contributed by atoms with Crippen LogP contribution in [0.3, 0.4) is 0 Å². The highest BCUT2D eigenvalue weighted by Crippen LogP contribution is 2.17. The van der Waals surface area contributed by atoms with Crippen LogP contribution >= 0.6 is 0 Å². The molecule has 0 unspecified atom stereocenters. The number of imidazole rings is 2. The van der Waals surface area contributed by atoms with Gasteiger partial charge in [0.05, 0.1) is 34.7 Å². The van der Waals surface area contributed by atoms with Gasteiger partial charge in [-0.05, 0) is 36.4 Å². The minimum absolute atomic E-state index is 0.162. The number of hydrogen-bond donors (Lipinski definition) is 3. The minimum atomic E-state index is -0.162. The average Bonchev–Trinajstić information content (AvgIpc) is 3.14. The number of fused-ring (bicyclic) bond motifs is 2. The van der Waals surface area contributed by atoms with Crippen molar-refractivity contribution < 1.29 is 4.79 Å². The molecule has 0 bridgehead atoms. The topological polar surface area (TPSA) is 86.5 Å². The predicted octanol–water partition coefficient (Wildman–Crippen LogP) is 2.69. The first kappa shape index (κ1) is 11.7. The molecular weight excluding hydrogens is 266 g/mol. The summed E-state index contributed by atoms with van der Waals surface area (Å²) in [6, 6.07) is 10.9. The molecule has 6 heteroatoms. The molecule has 102 valence electrons. The van der Waals surface area contributed by atoms with Crippen LogP contribution in [0.25, 0.3) is 22.1 Å². The summed E-state index contributed by atoms with van der Waals surface area (Å²) in [6.07, 6.45) is 3.24. The minimum Gasteiger partial charge on any atom is -0.345 e. The molecule has 0 radical (unpaired) electrons. The van der Waals surface area contributed by atoms with Gasteiger partial charge in [-0.25, -0.2) is 9.97 Å². The van der Waals surface area contributed by atoms with E-state index in [0.29, 0.717) is 5.56 Å². The van der Waals surface area contributed by atoms with Crippen LogP contribution in [0, 0.1) is 0 Å². The molecule has 4 rings (SSSR count). The van der Waals surface area contributed by atoms with Gasteiger partial charge in [-0.15, -0.1) is 0 Å². The standard InChI is InChI=1S/C15H11N5O/c21-15(9-1-3-11-13(5-9)18-7-16-11)20-10-2-4-12-14(6-10)19-8-17-12/h1-8H,(H,16,18)(H,17,19)(H,20,21). The Balaban J connectivity index is 1.64. The van der Waals surface area contributed by atoms with Gasteiger partial charge in [0.25, 0.3) is 5.91 Å². The number of hydrogen-bond acceptors (Lipinski definition) is 3. The van der Waals surface area contributed by atoms with Crippen LogP contribution in [-0.4, -0.2) is 25.8 Å². The van der Waals surface area contributed by atoms with Gasteiger partial charge >= 0.3 is 0 Å². The summed E-state index contributed by atoms with van der Waals surface area (Å²) in [5, 5.41) is 2.88. The number of rotatable bonds is 2. The zero-order valence-electron chi connectivity index (χ0n) is 10.9. The summed E-state index contributed by atoms with van der Waals surface area (Å²) < 4.78 is 0. The number of aromatic nitrogens is 4. The van der Waals surface area contributed by atoms with Gasteiger partial charge in [0, 0.05) is 11.3 Å². The van der Waals surface area contributed by atoms with E-state index in [2.05, 4.69) is 25.3 Å². The Morgan fingerprint density at radius 1 is 0.905 bits per heavy atom. The normalized spacial score (nSPS) is 11.0. The summed E-state index contributed by atoms with van der Waals surface area (Å²) in [5.74, 6) is -0.162. The summed E-state index contributed by atoms with van der Waals surface area (Å²) in [4.78, 5) is 26.6. The maximum atomic E-state index is 12.3. The Hall–Kier alpha value is -3.15. The Bertz CT molecular complexity index is 953. The van der Waals surface area contributed by atoms with Crippen LogP contribution in [0.5, 0.6) is 0 Å². The van der Waals surface area contributed by atoms with E-state index in [-0.39, 0.29) is 5.91 Å². The van der Waals surface area contributed by atoms with Crippen molar-refractivity contribution in [3.63, 3.8) is 0 Å². The molecule has 0 aliphatic rings. The molecule has 6 nitrogen and oxygen atoms in total. The molecule has 1 amide bonds. The second kappa shape index (κ2) is 4.45. The molecular formula is C15H11N5O. The Morgan fingerprint density at radius 3 is 2.33 bits per heavy atom. The van der Waals surface area contributed by atoms with Crippen LogP contribution in [0.1, 0.15) is 10.4 Å². The number of nitrogens with zero attached hydrogens (tertiary/aromatic N) is 2. The highest BCUT2D eigenvalue weighted by molar-refractivity contribution is 6.06. The maximum absolute atomic E-state index is 12.3. The van der Waals surface area contributed by atoms with Crippen molar-refractivity contribution in [2.75, 3.05) is 5.32 Å². The van der Waals surface area contributed by atoms with Crippen molar-refractivity contribution in [1.82, 2.24) is 19.9 Å². The smallest absolute Gasteiger partial charge is 0.255 e. The molecule has 0 atom stereocenters. The third-order valence-corrected chi connectivity index (χ3v) is 3.36.